The Labute approximate surface area is 135 Å². The standard InChI is InChI=1S/C14H12N6O3S/c1-8-15-13-5-2-9(7-20(13)18-8)19-24(22,23)10-3-4-11-12(6-10)17-14(21)16-11/h2-7,19H,1H3,(H2,16,17,21). The minimum atomic E-state index is -3.80. The third-order valence-corrected chi connectivity index (χ3v) is 4.87. The van der Waals surface area contributed by atoms with E-state index in [2.05, 4.69) is 24.8 Å². The Morgan fingerprint density at radius 1 is 1.12 bits per heavy atom. The topological polar surface area (TPSA) is 125 Å². The van der Waals surface area contributed by atoms with Crippen LogP contribution in [0, 0.1) is 6.92 Å². The van der Waals surface area contributed by atoms with E-state index in [1.54, 1.807) is 25.3 Å². The molecule has 0 spiro atoms. The summed E-state index contributed by atoms with van der Waals surface area (Å²) in [4.78, 5) is 20.6. The van der Waals surface area contributed by atoms with Crippen LogP contribution in [0.3, 0.4) is 0 Å². The number of fused-ring (bicyclic) bond motifs is 2. The first-order chi connectivity index (χ1) is 11.4. The SMILES string of the molecule is Cc1nc2ccc(NS(=O)(=O)c3ccc4[nH]c(=O)[nH]c4c3)cn2n1. The van der Waals surface area contributed by atoms with Gasteiger partial charge in [-0.25, -0.2) is 22.7 Å². The van der Waals surface area contributed by atoms with Crippen molar-refractivity contribution in [3.8, 4) is 0 Å². The highest BCUT2D eigenvalue weighted by atomic mass is 32.2. The first-order valence-electron chi connectivity index (χ1n) is 6.99. The number of nitrogens with zero attached hydrogens (tertiary/aromatic N) is 3. The van der Waals surface area contributed by atoms with Crippen LogP contribution >= 0.6 is 0 Å². The van der Waals surface area contributed by atoms with E-state index in [0.717, 1.165) is 0 Å². The van der Waals surface area contributed by atoms with Crippen molar-refractivity contribution in [3.05, 3.63) is 52.8 Å². The lowest BCUT2D eigenvalue weighted by molar-refractivity contribution is 0.601. The third kappa shape index (κ3) is 2.42. The second-order valence-corrected chi connectivity index (χ2v) is 6.95. The van der Waals surface area contributed by atoms with Gasteiger partial charge in [0, 0.05) is 0 Å². The van der Waals surface area contributed by atoms with Gasteiger partial charge in [-0.2, -0.15) is 5.10 Å². The van der Waals surface area contributed by atoms with E-state index in [4.69, 9.17) is 0 Å². The number of anilines is 1. The molecule has 0 aliphatic carbocycles. The van der Waals surface area contributed by atoms with Crippen LogP contribution in [0.2, 0.25) is 0 Å². The highest BCUT2D eigenvalue weighted by Crippen LogP contribution is 2.19. The molecular formula is C14H12N6O3S. The number of H-pyrrole nitrogens is 2. The van der Waals surface area contributed by atoms with Gasteiger partial charge in [-0.05, 0) is 37.3 Å². The van der Waals surface area contributed by atoms with Crippen molar-refractivity contribution in [2.75, 3.05) is 4.72 Å². The maximum Gasteiger partial charge on any atom is 0.323 e. The van der Waals surface area contributed by atoms with E-state index in [0.29, 0.717) is 28.2 Å². The number of aromatic nitrogens is 5. The molecule has 3 N–H and O–H groups in total. The molecule has 10 heteroatoms. The van der Waals surface area contributed by atoms with Crippen molar-refractivity contribution in [3.63, 3.8) is 0 Å². The van der Waals surface area contributed by atoms with Crippen LogP contribution < -0.4 is 10.4 Å². The molecule has 0 aliphatic rings. The average molecular weight is 344 g/mol. The zero-order valence-electron chi connectivity index (χ0n) is 12.4. The van der Waals surface area contributed by atoms with Gasteiger partial charge in [0.25, 0.3) is 10.0 Å². The summed E-state index contributed by atoms with van der Waals surface area (Å²) in [6, 6.07) is 7.63. The second kappa shape index (κ2) is 4.93. The number of sulfonamides is 1. The summed E-state index contributed by atoms with van der Waals surface area (Å²) in [6.07, 6.45) is 1.55. The second-order valence-electron chi connectivity index (χ2n) is 5.27. The molecule has 0 unspecified atom stereocenters. The summed E-state index contributed by atoms with van der Waals surface area (Å²) < 4.78 is 29.1. The fraction of sp³-hybridized carbons (Fsp3) is 0.0714. The van der Waals surface area contributed by atoms with Gasteiger partial charge in [0.2, 0.25) is 0 Å². The molecule has 0 fully saturated rings. The van der Waals surface area contributed by atoms with Crippen LogP contribution in [0.1, 0.15) is 5.82 Å². The number of aryl methyl sites for hydroxylation is 1. The van der Waals surface area contributed by atoms with Gasteiger partial charge in [0.1, 0.15) is 5.82 Å². The van der Waals surface area contributed by atoms with Gasteiger partial charge >= 0.3 is 5.69 Å². The van der Waals surface area contributed by atoms with E-state index in [-0.39, 0.29) is 10.6 Å². The molecule has 3 heterocycles. The van der Waals surface area contributed by atoms with Gasteiger partial charge in [0.05, 0.1) is 27.8 Å². The van der Waals surface area contributed by atoms with Crippen LogP contribution in [0.15, 0.2) is 46.2 Å². The molecule has 9 nitrogen and oxygen atoms in total. The predicted octanol–water partition coefficient (Wildman–Crippen LogP) is 1.01. The van der Waals surface area contributed by atoms with Crippen LogP contribution in [0.25, 0.3) is 16.7 Å². The maximum atomic E-state index is 12.5. The molecule has 3 aromatic heterocycles. The highest BCUT2D eigenvalue weighted by Gasteiger charge is 2.16. The third-order valence-electron chi connectivity index (χ3n) is 3.49. The number of imidazole rings is 1. The number of hydrogen-bond donors (Lipinski definition) is 3. The Morgan fingerprint density at radius 2 is 1.92 bits per heavy atom. The molecule has 122 valence electrons. The molecule has 0 saturated carbocycles. The molecule has 0 radical (unpaired) electrons. The first kappa shape index (κ1) is 14.5. The van der Waals surface area contributed by atoms with Crippen LogP contribution in [0.4, 0.5) is 5.69 Å². The number of hydrogen-bond acceptors (Lipinski definition) is 5. The number of aromatic amines is 2. The summed E-state index contributed by atoms with van der Waals surface area (Å²) in [5.74, 6) is 0.594. The zero-order valence-corrected chi connectivity index (χ0v) is 13.3. The summed E-state index contributed by atoms with van der Waals surface area (Å²) in [5, 5.41) is 4.15. The van der Waals surface area contributed by atoms with E-state index in [1.165, 1.54) is 22.7 Å². The van der Waals surface area contributed by atoms with E-state index < -0.39 is 10.0 Å². The Kier molecular flexibility index (Phi) is 2.97. The lowest BCUT2D eigenvalue weighted by Gasteiger charge is -2.08. The smallest absolute Gasteiger partial charge is 0.306 e. The van der Waals surface area contributed by atoms with Gasteiger partial charge in [0.15, 0.2) is 5.65 Å². The fourth-order valence-electron chi connectivity index (χ4n) is 2.45. The van der Waals surface area contributed by atoms with Crippen molar-refractivity contribution in [1.82, 2.24) is 24.6 Å². The van der Waals surface area contributed by atoms with Crippen molar-refractivity contribution in [2.24, 2.45) is 0 Å². The summed E-state index contributed by atoms with van der Waals surface area (Å²) in [7, 11) is -3.80. The van der Waals surface area contributed by atoms with Gasteiger partial charge in [-0.3, -0.25) is 4.72 Å². The monoisotopic (exact) mass is 344 g/mol. The van der Waals surface area contributed by atoms with Crippen LogP contribution in [-0.4, -0.2) is 33.0 Å². The first-order valence-corrected chi connectivity index (χ1v) is 8.47. The van der Waals surface area contributed by atoms with Gasteiger partial charge in [-0.15, -0.1) is 0 Å². The largest absolute Gasteiger partial charge is 0.323 e. The molecular weight excluding hydrogens is 332 g/mol. The number of nitrogens with one attached hydrogen (secondary N) is 3. The lowest BCUT2D eigenvalue weighted by Crippen LogP contribution is -2.13. The van der Waals surface area contributed by atoms with E-state index in [1.807, 2.05) is 0 Å². The number of rotatable bonds is 3. The summed E-state index contributed by atoms with van der Waals surface area (Å²) >= 11 is 0. The number of pyridine rings is 1. The van der Waals surface area contributed by atoms with Crippen LogP contribution in [0.5, 0.6) is 0 Å². The Hall–Kier alpha value is -3.14. The summed E-state index contributed by atoms with van der Waals surface area (Å²) in [6.45, 7) is 1.75. The van der Waals surface area contributed by atoms with Crippen molar-refractivity contribution in [2.45, 2.75) is 11.8 Å². The zero-order chi connectivity index (χ0) is 16.9. The normalized spacial score (nSPS) is 12.0. The number of benzene rings is 1. The average Bonchev–Trinajstić information content (AvgIpc) is 3.05. The molecule has 0 bridgehead atoms. The van der Waals surface area contributed by atoms with Crippen LogP contribution in [-0.2, 0) is 10.0 Å². The molecule has 24 heavy (non-hydrogen) atoms. The Morgan fingerprint density at radius 3 is 2.75 bits per heavy atom. The van der Waals surface area contributed by atoms with Crippen molar-refractivity contribution >= 4 is 32.4 Å². The lowest BCUT2D eigenvalue weighted by atomic mass is 10.3. The quantitative estimate of drug-likeness (QED) is 0.511. The highest BCUT2D eigenvalue weighted by molar-refractivity contribution is 7.92. The van der Waals surface area contributed by atoms with Crippen molar-refractivity contribution < 1.29 is 8.42 Å². The molecule has 1 aromatic carbocycles. The molecule has 4 aromatic rings. The predicted molar refractivity (Wildman–Crippen MR) is 87.5 cm³/mol. The van der Waals surface area contributed by atoms with E-state index in [9.17, 15) is 13.2 Å². The molecule has 0 aliphatic heterocycles. The fourth-order valence-corrected chi connectivity index (χ4v) is 3.52. The molecule has 0 atom stereocenters. The van der Waals surface area contributed by atoms with Crippen molar-refractivity contribution in [1.29, 1.82) is 0 Å². The minimum absolute atomic E-state index is 0.0418. The molecule has 0 amide bonds. The summed E-state index contributed by atoms with van der Waals surface area (Å²) in [5.41, 5.74) is 1.56. The van der Waals surface area contributed by atoms with Gasteiger partial charge < -0.3 is 9.97 Å². The Bertz CT molecular complexity index is 1230. The van der Waals surface area contributed by atoms with Gasteiger partial charge in [-0.1, -0.05) is 0 Å². The minimum Gasteiger partial charge on any atom is -0.306 e. The Balaban J connectivity index is 1.73. The maximum absolute atomic E-state index is 12.5. The van der Waals surface area contributed by atoms with E-state index >= 15 is 0 Å². The molecule has 0 saturated heterocycles. The molecule has 4 rings (SSSR count).